The summed E-state index contributed by atoms with van der Waals surface area (Å²) in [5, 5.41) is 0. The van der Waals surface area contributed by atoms with E-state index in [4.69, 9.17) is 4.74 Å². The summed E-state index contributed by atoms with van der Waals surface area (Å²) >= 11 is 0. The molecule has 1 aromatic heterocycles. The first-order valence-corrected chi connectivity index (χ1v) is 12.0. The second-order valence-corrected chi connectivity index (χ2v) is 8.36. The Morgan fingerprint density at radius 3 is 1.87 bits per heavy atom. The lowest BCUT2D eigenvalue weighted by Gasteiger charge is -2.17. The van der Waals surface area contributed by atoms with Gasteiger partial charge in [-0.2, -0.15) is 8.78 Å². The number of unbranched alkanes of at least 4 members (excludes halogenated alkanes) is 9. The fourth-order valence-corrected chi connectivity index (χ4v) is 3.55. The number of rotatable bonds is 16. The highest BCUT2D eigenvalue weighted by Crippen LogP contribution is 2.28. The van der Waals surface area contributed by atoms with E-state index >= 15 is 0 Å². The van der Waals surface area contributed by atoms with Crippen molar-refractivity contribution in [2.24, 2.45) is 0 Å². The molecule has 172 valence electrons. The van der Waals surface area contributed by atoms with Crippen LogP contribution >= 0.6 is 0 Å². The van der Waals surface area contributed by atoms with E-state index in [9.17, 15) is 8.78 Å². The van der Waals surface area contributed by atoms with Crippen LogP contribution in [0.2, 0.25) is 0 Å². The lowest BCUT2D eigenvalue weighted by Crippen LogP contribution is -2.24. The number of nitrogens with zero attached hydrogens (tertiary/aromatic N) is 2. The van der Waals surface area contributed by atoms with Crippen molar-refractivity contribution in [2.75, 3.05) is 0 Å². The van der Waals surface area contributed by atoms with Gasteiger partial charge in [-0.05, 0) is 49.1 Å². The number of hydrogen-bond acceptors (Lipinski definition) is 3. The summed E-state index contributed by atoms with van der Waals surface area (Å²) in [7, 11) is 0. The third kappa shape index (κ3) is 10.2. The van der Waals surface area contributed by atoms with Crippen LogP contribution in [0.1, 0.15) is 96.5 Å². The predicted molar refractivity (Wildman–Crippen MR) is 123 cm³/mol. The van der Waals surface area contributed by atoms with Gasteiger partial charge in [0.05, 0.1) is 6.42 Å². The van der Waals surface area contributed by atoms with Gasteiger partial charge in [-0.3, -0.25) is 0 Å². The van der Waals surface area contributed by atoms with E-state index in [2.05, 4.69) is 16.9 Å². The molecule has 3 nitrogen and oxygen atoms in total. The number of aromatic nitrogens is 2. The summed E-state index contributed by atoms with van der Waals surface area (Å²) in [6, 6.07) is 6.55. The number of halogens is 2. The van der Waals surface area contributed by atoms with Crippen molar-refractivity contribution < 1.29 is 13.5 Å². The Bertz CT molecular complexity index is 717. The summed E-state index contributed by atoms with van der Waals surface area (Å²) in [6.45, 7) is 4.13. The maximum Gasteiger partial charge on any atom is 0.397 e. The van der Waals surface area contributed by atoms with E-state index in [1.165, 1.54) is 51.4 Å². The first-order chi connectivity index (χ1) is 15.0. The molecule has 1 heterocycles. The minimum Gasteiger partial charge on any atom is -0.433 e. The van der Waals surface area contributed by atoms with Crippen LogP contribution < -0.4 is 4.74 Å². The number of benzene rings is 1. The van der Waals surface area contributed by atoms with Crippen LogP contribution in [0.15, 0.2) is 36.7 Å². The van der Waals surface area contributed by atoms with Crippen molar-refractivity contribution in [1.29, 1.82) is 0 Å². The number of ether oxygens (including phenoxy) is 1. The first-order valence-electron chi connectivity index (χ1n) is 12.0. The highest BCUT2D eigenvalue weighted by molar-refractivity contribution is 5.55. The van der Waals surface area contributed by atoms with Crippen LogP contribution in [-0.4, -0.2) is 16.1 Å². The molecule has 0 saturated carbocycles. The van der Waals surface area contributed by atoms with Gasteiger partial charge < -0.3 is 4.74 Å². The van der Waals surface area contributed by atoms with Crippen molar-refractivity contribution in [3.63, 3.8) is 0 Å². The summed E-state index contributed by atoms with van der Waals surface area (Å²) < 4.78 is 32.3. The van der Waals surface area contributed by atoms with Crippen molar-refractivity contribution in [2.45, 2.75) is 103 Å². The molecule has 0 bridgehead atoms. The zero-order valence-electron chi connectivity index (χ0n) is 19.2. The Kier molecular flexibility index (Phi) is 11.5. The van der Waals surface area contributed by atoms with Gasteiger partial charge in [-0.25, -0.2) is 9.97 Å². The van der Waals surface area contributed by atoms with Crippen molar-refractivity contribution in [3.05, 3.63) is 42.2 Å². The Labute approximate surface area is 186 Å². The van der Waals surface area contributed by atoms with E-state index in [0.29, 0.717) is 18.7 Å². The Hall–Kier alpha value is -2.04. The lowest BCUT2D eigenvalue weighted by atomic mass is 10.1. The molecule has 2 aromatic rings. The number of hydrogen-bond donors (Lipinski definition) is 0. The fraction of sp³-hybridized carbons (Fsp3) is 0.615. The summed E-state index contributed by atoms with van der Waals surface area (Å²) in [4.78, 5) is 8.90. The molecule has 1 aromatic carbocycles. The monoisotopic (exact) mass is 432 g/mol. The van der Waals surface area contributed by atoms with Crippen LogP contribution in [0, 0.1) is 0 Å². The van der Waals surface area contributed by atoms with Gasteiger partial charge in [0.25, 0.3) is 0 Å². The fourth-order valence-electron chi connectivity index (χ4n) is 3.55. The zero-order valence-corrected chi connectivity index (χ0v) is 19.2. The standard InChI is InChI=1S/C26H38F2N2O/c1-3-5-7-8-9-10-11-12-13-14-22-20-29-25(30-21-22)23-15-17-24(18-16-23)31-26(27,28)19-6-4-2/h15-18,20-21H,3-14,19H2,1-2H3. The van der Waals surface area contributed by atoms with Crippen LogP contribution in [0.3, 0.4) is 0 Å². The summed E-state index contributed by atoms with van der Waals surface area (Å²) in [6.07, 6.45) is 14.3. The number of aryl methyl sites for hydroxylation is 1. The van der Waals surface area contributed by atoms with E-state index in [1.54, 1.807) is 24.3 Å². The highest BCUT2D eigenvalue weighted by atomic mass is 19.3. The molecule has 0 saturated heterocycles. The summed E-state index contributed by atoms with van der Waals surface area (Å²) in [5.41, 5.74) is 1.93. The van der Waals surface area contributed by atoms with Crippen LogP contribution in [0.25, 0.3) is 11.4 Å². The van der Waals surface area contributed by atoms with Gasteiger partial charge in [0.2, 0.25) is 0 Å². The zero-order chi connectivity index (χ0) is 22.4. The van der Waals surface area contributed by atoms with Gasteiger partial charge in [0.1, 0.15) is 5.75 Å². The van der Waals surface area contributed by atoms with E-state index < -0.39 is 6.11 Å². The second-order valence-electron chi connectivity index (χ2n) is 8.36. The van der Waals surface area contributed by atoms with Crippen LogP contribution in [-0.2, 0) is 6.42 Å². The average molecular weight is 433 g/mol. The molecule has 0 radical (unpaired) electrons. The molecular formula is C26H38F2N2O. The molecular weight excluding hydrogens is 394 g/mol. The topological polar surface area (TPSA) is 35.0 Å². The van der Waals surface area contributed by atoms with Gasteiger partial charge in [0, 0.05) is 18.0 Å². The molecule has 0 atom stereocenters. The normalized spacial score (nSPS) is 11.6. The third-order valence-corrected chi connectivity index (χ3v) is 5.48. The van der Waals surface area contributed by atoms with Crippen molar-refractivity contribution in [3.8, 4) is 17.1 Å². The average Bonchev–Trinajstić information content (AvgIpc) is 2.77. The Morgan fingerprint density at radius 1 is 0.742 bits per heavy atom. The number of alkyl halides is 2. The maximum atomic E-state index is 13.8. The largest absolute Gasteiger partial charge is 0.433 e. The molecule has 0 aliphatic rings. The Morgan fingerprint density at radius 2 is 1.29 bits per heavy atom. The highest BCUT2D eigenvalue weighted by Gasteiger charge is 2.30. The maximum absolute atomic E-state index is 13.8. The molecule has 0 N–H and O–H groups in total. The molecule has 0 fully saturated rings. The van der Waals surface area contributed by atoms with Crippen LogP contribution in [0.4, 0.5) is 8.78 Å². The molecule has 0 aliphatic carbocycles. The molecule has 5 heteroatoms. The van der Waals surface area contributed by atoms with E-state index in [0.717, 1.165) is 24.0 Å². The molecule has 2 rings (SSSR count). The van der Waals surface area contributed by atoms with E-state index in [1.807, 2.05) is 19.3 Å². The second kappa shape index (κ2) is 14.1. The predicted octanol–water partition coefficient (Wildman–Crippen LogP) is 8.38. The van der Waals surface area contributed by atoms with Gasteiger partial charge in [-0.1, -0.05) is 71.6 Å². The molecule has 31 heavy (non-hydrogen) atoms. The third-order valence-electron chi connectivity index (χ3n) is 5.48. The molecule has 0 aliphatic heterocycles. The molecule has 0 unspecified atom stereocenters. The SMILES string of the molecule is CCCCCCCCCCCc1cnc(-c2ccc(OC(F)(F)CCCC)cc2)nc1. The lowest BCUT2D eigenvalue weighted by molar-refractivity contribution is -0.181. The van der Waals surface area contributed by atoms with Crippen LogP contribution in [0.5, 0.6) is 5.75 Å². The summed E-state index contributed by atoms with van der Waals surface area (Å²) in [5.74, 6) is 0.756. The molecule has 0 spiro atoms. The van der Waals surface area contributed by atoms with Gasteiger partial charge in [0.15, 0.2) is 5.82 Å². The smallest absolute Gasteiger partial charge is 0.397 e. The van der Waals surface area contributed by atoms with Gasteiger partial charge in [-0.15, -0.1) is 0 Å². The molecule has 0 amide bonds. The first kappa shape index (κ1) is 25.2. The van der Waals surface area contributed by atoms with Gasteiger partial charge >= 0.3 is 6.11 Å². The Balaban J connectivity index is 1.72. The minimum absolute atomic E-state index is 0.159. The van der Waals surface area contributed by atoms with E-state index in [-0.39, 0.29) is 12.2 Å². The minimum atomic E-state index is -3.13. The quantitative estimate of drug-likeness (QED) is 0.250. The van der Waals surface area contributed by atoms with Crippen molar-refractivity contribution >= 4 is 0 Å². The van der Waals surface area contributed by atoms with Crippen molar-refractivity contribution in [1.82, 2.24) is 9.97 Å².